The molecule has 2 aromatic rings. The van der Waals surface area contributed by atoms with E-state index in [0.29, 0.717) is 11.6 Å². The van der Waals surface area contributed by atoms with Gasteiger partial charge in [-0.2, -0.15) is 0 Å². The zero-order valence-electron chi connectivity index (χ0n) is 10.7. The minimum absolute atomic E-state index is 0.226. The highest BCUT2D eigenvalue weighted by Crippen LogP contribution is 2.28. The lowest BCUT2D eigenvalue weighted by Crippen LogP contribution is -2.30. The van der Waals surface area contributed by atoms with Gasteiger partial charge in [0.1, 0.15) is 0 Å². The minimum atomic E-state index is -0.583. The predicted molar refractivity (Wildman–Crippen MR) is 72.7 cm³/mol. The highest BCUT2D eigenvalue weighted by molar-refractivity contribution is 6.35. The summed E-state index contributed by atoms with van der Waals surface area (Å²) in [6.07, 6.45) is 1.95. The van der Waals surface area contributed by atoms with Gasteiger partial charge in [0, 0.05) is 18.1 Å². The first-order chi connectivity index (χ1) is 8.45. The van der Waals surface area contributed by atoms with Crippen molar-refractivity contribution in [2.24, 2.45) is 5.41 Å². The molecule has 1 aromatic carbocycles. The van der Waals surface area contributed by atoms with Gasteiger partial charge in [-0.25, -0.2) is 0 Å². The molecule has 0 aliphatic carbocycles. The number of nitrogens with zero attached hydrogens (tertiary/aromatic N) is 1. The third-order valence-electron chi connectivity index (χ3n) is 3.04. The fourth-order valence-corrected chi connectivity index (χ4v) is 2.40. The SMILES string of the molecule is COC(=O)C(C)(C)Cn1ccc2cccc(Cl)c21. The Bertz CT molecular complexity index is 586. The number of methoxy groups -OCH3 is 1. The molecule has 0 fully saturated rings. The second-order valence-electron chi connectivity index (χ2n) is 5.00. The van der Waals surface area contributed by atoms with Crippen LogP contribution in [0.15, 0.2) is 30.5 Å². The van der Waals surface area contributed by atoms with E-state index in [4.69, 9.17) is 16.3 Å². The number of benzene rings is 1. The van der Waals surface area contributed by atoms with Gasteiger partial charge in [0.15, 0.2) is 0 Å². The van der Waals surface area contributed by atoms with Gasteiger partial charge in [-0.15, -0.1) is 0 Å². The standard InChI is InChI=1S/C14H16ClNO2/c1-14(2,13(17)18-3)9-16-8-7-10-5-4-6-11(15)12(10)16/h4-8H,9H2,1-3H3. The maximum Gasteiger partial charge on any atom is 0.313 e. The van der Waals surface area contributed by atoms with Crippen molar-refractivity contribution in [1.82, 2.24) is 4.57 Å². The first-order valence-corrected chi connectivity index (χ1v) is 6.15. The number of carbonyl (C=O) groups excluding carboxylic acids is 1. The molecule has 0 radical (unpaired) electrons. The van der Waals surface area contributed by atoms with Gasteiger partial charge in [-0.1, -0.05) is 23.7 Å². The largest absolute Gasteiger partial charge is 0.469 e. The number of aromatic nitrogens is 1. The number of rotatable bonds is 3. The van der Waals surface area contributed by atoms with Crippen molar-refractivity contribution in [3.05, 3.63) is 35.5 Å². The molecule has 0 saturated heterocycles. The maximum atomic E-state index is 11.7. The molecule has 0 bridgehead atoms. The number of halogens is 1. The lowest BCUT2D eigenvalue weighted by Gasteiger charge is -2.22. The van der Waals surface area contributed by atoms with Crippen molar-refractivity contribution >= 4 is 28.5 Å². The number of esters is 1. The molecule has 0 aliphatic rings. The van der Waals surface area contributed by atoms with E-state index in [1.54, 1.807) is 0 Å². The summed E-state index contributed by atoms with van der Waals surface area (Å²) in [5, 5.41) is 1.77. The van der Waals surface area contributed by atoms with Crippen LogP contribution in [0, 0.1) is 5.41 Å². The highest BCUT2D eigenvalue weighted by atomic mass is 35.5. The quantitative estimate of drug-likeness (QED) is 0.796. The predicted octanol–water partition coefficient (Wildman–Crippen LogP) is 3.49. The average molecular weight is 266 g/mol. The summed E-state index contributed by atoms with van der Waals surface area (Å²) in [6.45, 7) is 4.26. The topological polar surface area (TPSA) is 31.2 Å². The monoisotopic (exact) mass is 265 g/mol. The fourth-order valence-electron chi connectivity index (χ4n) is 2.11. The Balaban J connectivity index is 2.41. The third-order valence-corrected chi connectivity index (χ3v) is 3.35. The normalized spacial score (nSPS) is 11.8. The van der Waals surface area contributed by atoms with E-state index >= 15 is 0 Å². The second kappa shape index (κ2) is 4.65. The van der Waals surface area contributed by atoms with Gasteiger partial charge < -0.3 is 9.30 Å². The van der Waals surface area contributed by atoms with E-state index < -0.39 is 5.41 Å². The molecule has 96 valence electrons. The summed E-state index contributed by atoms with van der Waals surface area (Å²) in [6, 6.07) is 7.77. The van der Waals surface area contributed by atoms with E-state index in [0.717, 1.165) is 10.9 Å². The first-order valence-electron chi connectivity index (χ1n) is 5.77. The van der Waals surface area contributed by atoms with Gasteiger partial charge in [-0.3, -0.25) is 4.79 Å². The highest BCUT2D eigenvalue weighted by Gasteiger charge is 2.29. The van der Waals surface area contributed by atoms with E-state index in [2.05, 4.69) is 0 Å². The molecule has 0 aliphatic heterocycles. The van der Waals surface area contributed by atoms with Gasteiger partial charge >= 0.3 is 5.97 Å². The molecular formula is C14H16ClNO2. The number of hydrogen-bond donors (Lipinski definition) is 0. The fraction of sp³-hybridized carbons (Fsp3) is 0.357. The van der Waals surface area contributed by atoms with Crippen molar-refractivity contribution in [2.75, 3.05) is 7.11 Å². The smallest absolute Gasteiger partial charge is 0.313 e. The van der Waals surface area contributed by atoms with Crippen molar-refractivity contribution < 1.29 is 9.53 Å². The van der Waals surface area contributed by atoms with Crippen LogP contribution in [-0.4, -0.2) is 17.6 Å². The van der Waals surface area contributed by atoms with Crippen molar-refractivity contribution in [2.45, 2.75) is 20.4 Å². The number of hydrogen-bond acceptors (Lipinski definition) is 2. The molecule has 18 heavy (non-hydrogen) atoms. The molecule has 3 nitrogen and oxygen atoms in total. The summed E-state index contributed by atoms with van der Waals surface area (Å²) >= 11 is 6.21. The summed E-state index contributed by atoms with van der Waals surface area (Å²) < 4.78 is 6.82. The van der Waals surface area contributed by atoms with Crippen molar-refractivity contribution in [3.8, 4) is 0 Å². The summed E-state index contributed by atoms with van der Waals surface area (Å²) in [4.78, 5) is 11.7. The Kier molecular flexibility index (Phi) is 3.35. The van der Waals surface area contributed by atoms with Crippen LogP contribution in [0.25, 0.3) is 10.9 Å². The Labute approximate surface area is 111 Å². The summed E-state index contributed by atoms with van der Waals surface area (Å²) in [5.74, 6) is -0.226. The Hall–Kier alpha value is -1.48. The van der Waals surface area contributed by atoms with E-state index in [1.165, 1.54) is 7.11 Å². The molecule has 0 N–H and O–H groups in total. The number of fused-ring (bicyclic) bond motifs is 1. The Morgan fingerprint density at radius 1 is 1.39 bits per heavy atom. The van der Waals surface area contributed by atoms with Gasteiger partial charge in [0.2, 0.25) is 0 Å². The summed E-state index contributed by atoms with van der Waals surface area (Å²) in [7, 11) is 1.41. The van der Waals surface area contributed by atoms with Crippen LogP contribution in [0.4, 0.5) is 0 Å². The van der Waals surface area contributed by atoms with Crippen LogP contribution >= 0.6 is 11.6 Å². The van der Waals surface area contributed by atoms with Crippen LogP contribution in [0.2, 0.25) is 5.02 Å². The van der Waals surface area contributed by atoms with Crippen LogP contribution in [0.3, 0.4) is 0 Å². The lowest BCUT2D eigenvalue weighted by molar-refractivity contribution is -0.151. The number of carbonyl (C=O) groups is 1. The Morgan fingerprint density at radius 3 is 2.78 bits per heavy atom. The zero-order chi connectivity index (χ0) is 13.3. The summed E-state index contributed by atoms with van der Waals surface area (Å²) in [5.41, 5.74) is 0.371. The molecule has 0 atom stereocenters. The van der Waals surface area contributed by atoms with Crippen molar-refractivity contribution in [3.63, 3.8) is 0 Å². The molecule has 1 aromatic heterocycles. The number of para-hydroxylation sites is 1. The Morgan fingerprint density at radius 2 is 2.11 bits per heavy atom. The average Bonchev–Trinajstić information content (AvgIpc) is 2.72. The van der Waals surface area contributed by atoms with Crippen molar-refractivity contribution in [1.29, 1.82) is 0 Å². The molecular weight excluding hydrogens is 250 g/mol. The minimum Gasteiger partial charge on any atom is -0.469 e. The van der Waals surface area contributed by atoms with Crippen LogP contribution in [0.1, 0.15) is 13.8 Å². The zero-order valence-corrected chi connectivity index (χ0v) is 11.5. The molecule has 0 spiro atoms. The molecule has 0 amide bonds. The van der Waals surface area contributed by atoms with Gasteiger partial charge in [0.05, 0.1) is 23.1 Å². The van der Waals surface area contributed by atoms with E-state index in [1.807, 2.05) is 48.9 Å². The maximum absolute atomic E-state index is 11.7. The molecule has 0 saturated carbocycles. The van der Waals surface area contributed by atoms with Crippen LogP contribution < -0.4 is 0 Å². The molecule has 1 heterocycles. The van der Waals surface area contributed by atoms with Crippen LogP contribution in [0.5, 0.6) is 0 Å². The van der Waals surface area contributed by atoms with Crippen LogP contribution in [-0.2, 0) is 16.1 Å². The first kappa shape index (κ1) is 13.0. The second-order valence-corrected chi connectivity index (χ2v) is 5.40. The molecule has 2 rings (SSSR count). The van der Waals surface area contributed by atoms with E-state index in [9.17, 15) is 4.79 Å². The third kappa shape index (κ3) is 2.23. The number of ether oxygens (including phenoxy) is 1. The molecule has 0 unspecified atom stereocenters. The van der Waals surface area contributed by atoms with Gasteiger partial charge in [-0.05, 0) is 26.0 Å². The molecule has 4 heteroatoms. The lowest BCUT2D eigenvalue weighted by atomic mass is 9.93. The van der Waals surface area contributed by atoms with E-state index in [-0.39, 0.29) is 5.97 Å². The van der Waals surface area contributed by atoms with Gasteiger partial charge in [0.25, 0.3) is 0 Å².